The fourth-order valence-electron chi connectivity index (χ4n) is 5.51. The van der Waals surface area contributed by atoms with Crippen molar-refractivity contribution in [2.75, 3.05) is 26.7 Å². The van der Waals surface area contributed by atoms with Gasteiger partial charge in [0, 0.05) is 59.3 Å². The van der Waals surface area contributed by atoms with Gasteiger partial charge in [-0.25, -0.2) is 4.98 Å². The molecule has 2 aromatic heterocycles. The first-order valence-corrected chi connectivity index (χ1v) is 14.4. The number of rotatable bonds is 5. The van der Waals surface area contributed by atoms with Crippen LogP contribution in [0.4, 0.5) is 0 Å². The summed E-state index contributed by atoms with van der Waals surface area (Å²) in [4.78, 5) is 52.5. The smallest absolute Gasteiger partial charge is 0.280 e. The molecule has 1 saturated heterocycles. The highest BCUT2D eigenvalue weighted by Gasteiger charge is 2.38. The molecule has 2 unspecified atom stereocenters. The van der Waals surface area contributed by atoms with Crippen molar-refractivity contribution in [3.63, 3.8) is 0 Å². The second kappa shape index (κ2) is 10.3. The van der Waals surface area contributed by atoms with Crippen LogP contribution in [-0.4, -0.2) is 76.3 Å². The minimum absolute atomic E-state index is 0.0818. The minimum Gasteiger partial charge on any atom is -0.351 e. The largest absolute Gasteiger partial charge is 0.351 e. The van der Waals surface area contributed by atoms with E-state index in [1.807, 2.05) is 17.0 Å². The molecule has 0 radical (unpaired) electrons. The lowest BCUT2D eigenvalue weighted by Gasteiger charge is -2.41. The van der Waals surface area contributed by atoms with Gasteiger partial charge in [-0.15, -0.1) is 11.3 Å². The van der Waals surface area contributed by atoms with Gasteiger partial charge in [-0.1, -0.05) is 18.0 Å². The van der Waals surface area contributed by atoms with Crippen LogP contribution in [0.25, 0.3) is 10.9 Å². The van der Waals surface area contributed by atoms with Crippen molar-refractivity contribution in [2.24, 2.45) is 5.92 Å². The molecule has 2 atom stereocenters. The number of likely N-dealkylation sites (tertiary alicyclic amines) is 1. The van der Waals surface area contributed by atoms with E-state index in [0.717, 1.165) is 60.2 Å². The molecule has 3 aliphatic rings. The molecule has 1 saturated carbocycles. The third-order valence-corrected chi connectivity index (χ3v) is 9.27. The molecule has 11 heteroatoms. The van der Waals surface area contributed by atoms with Gasteiger partial charge in [-0.05, 0) is 50.6 Å². The lowest BCUT2D eigenvalue weighted by atomic mass is 9.83. The fourth-order valence-corrected chi connectivity index (χ4v) is 6.78. The summed E-state index contributed by atoms with van der Waals surface area (Å²) < 4.78 is 0. The lowest BCUT2D eigenvalue weighted by molar-refractivity contribution is -0.139. The number of H-pyrrole nitrogens is 1. The molecule has 2 fully saturated rings. The van der Waals surface area contributed by atoms with Crippen LogP contribution in [-0.2, 0) is 17.8 Å². The van der Waals surface area contributed by atoms with Gasteiger partial charge in [0.15, 0.2) is 5.01 Å². The Hall–Kier alpha value is -2.95. The van der Waals surface area contributed by atoms with Gasteiger partial charge in [0.05, 0.1) is 17.8 Å². The number of likely N-dealkylation sites (N-methyl/N-ethyl adjacent to an activating group) is 1. The van der Waals surface area contributed by atoms with Crippen molar-refractivity contribution in [3.8, 4) is 0 Å². The Morgan fingerprint density at radius 1 is 1.08 bits per heavy atom. The molecule has 0 bridgehead atoms. The zero-order valence-corrected chi connectivity index (χ0v) is 22.8. The highest BCUT2D eigenvalue weighted by atomic mass is 35.5. The summed E-state index contributed by atoms with van der Waals surface area (Å²) in [7, 11) is 2.06. The number of thiazole rings is 1. The number of halogens is 1. The molecule has 0 spiro atoms. The van der Waals surface area contributed by atoms with E-state index in [1.54, 1.807) is 12.1 Å². The fraction of sp³-hybridized carbons (Fsp3) is 0.481. The predicted octanol–water partition coefficient (Wildman–Crippen LogP) is 3.20. The second-order valence-corrected chi connectivity index (χ2v) is 12.2. The second-order valence-electron chi connectivity index (χ2n) is 10.7. The van der Waals surface area contributed by atoms with E-state index in [9.17, 15) is 14.4 Å². The number of carbonyl (C=O) groups is 3. The summed E-state index contributed by atoms with van der Waals surface area (Å²) in [5.74, 6) is -0.276. The number of hydrogen-bond donors (Lipinski definition) is 3. The molecule has 2 aliphatic heterocycles. The molecule has 4 heterocycles. The average Bonchev–Trinajstić information content (AvgIpc) is 3.47. The van der Waals surface area contributed by atoms with E-state index in [0.29, 0.717) is 35.2 Å². The van der Waals surface area contributed by atoms with E-state index in [1.165, 1.54) is 11.3 Å². The summed E-state index contributed by atoms with van der Waals surface area (Å²) in [6, 6.07) is 6.45. The summed E-state index contributed by atoms with van der Waals surface area (Å²) in [5, 5.41) is 8.12. The van der Waals surface area contributed by atoms with Crippen LogP contribution in [0, 0.1) is 5.92 Å². The Morgan fingerprint density at radius 3 is 2.68 bits per heavy atom. The predicted molar refractivity (Wildman–Crippen MR) is 147 cm³/mol. The van der Waals surface area contributed by atoms with Gasteiger partial charge in [-0.2, -0.15) is 0 Å². The summed E-state index contributed by atoms with van der Waals surface area (Å²) in [6.07, 6.45) is 4.33. The molecule has 3 N–H and O–H groups in total. The molecule has 38 heavy (non-hydrogen) atoms. The Balaban J connectivity index is 1.19. The van der Waals surface area contributed by atoms with Crippen LogP contribution in [0.1, 0.15) is 56.5 Å². The molecule has 6 rings (SSSR count). The van der Waals surface area contributed by atoms with E-state index < -0.39 is 6.04 Å². The summed E-state index contributed by atoms with van der Waals surface area (Å²) >= 11 is 7.53. The number of amides is 3. The average molecular weight is 555 g/mol. The van der Waals surface area contributed by atoms with Crippen LogP contribution >= 0.6 is 22.9 Å². The third-order valence-electron chi connectivity index (χ3n) is 7.96. The third kappa shape index (κ3) is 5.04. The number of nitrogens with one attached hydrogen (secondary N) is 3. The first kappa shape index (κ1) is 25.3. The first-order valence-electron chi connectivity index (χ1n) is 13.2. The number of hydrogen-bond acceptors (Lipinski definition) is 6. The van der Waals surface area contributed by atoms with Gasteiger partial charge in [0.1, 0.15) is 5.69 Å². The van der Waals surface area contributed by atoms with Gasteiger partial charge >= 0.3 is 0 Å². The molecule has 9 nitrogen and oxygen atoms in total. The van der Waals surface area contributed by atoms with Crippen LogP contribution in [0.15, 0.2) is 24.3 Å². The van der Waals surface area contributed by atoms with Crippen molar-refractivity contribution in [1.82, 2.24) is 30.4 Å². The Bertz CT molecular complexity index is 1400. The number of fused-ring (bicyclic) bond motifs is 2. The van der Waals surface area contributed by atoms with E-state index in [-0.39, 0.29) is 29.7 Å². The molecule has 1 aromatic carbocycles. The highest BCUT2D eigenvalue weighted by molar-refractivity contribution is 7.13. The maximum Gasteiger partial charge on any atom is 0.280 e. The van der Waals surface area contributed by atoms with Crippen molar-refractivity contribution in [2.45, 2.75) is 50.7 Å². The van der Waals surface area contributed by atoms with Crippen molar-refractivity contribution in [1.29, 1.82) is 0 Å². The molecule has 1 aliphatic carbocycles. The quantitative estimate of drug-likeness (QED) is 0.449. The Labute approximate surface area is 229 Å². The standard InChI is InChI=1S/C27H31ClN6O3S/c1-33-9-7-20-23(14-33)38-26(32-20)25(36)31-22-13-34(27(37)15-3-2-4-15)10-8-19(22)30-24(35)21-12-16-11-17(28)5-6-18(16)29-21/h5-6,11-12,15,19,22,29H,2-4,7-10,13-14H2,1H3,(H,30,35)(H,31,36). The number of nitrogens with zero attached hydrogens (tertiary/aromatic N) is 3. The monoisotopic (exact) mass is 554 g/mol. The van der Waals surface area contributed by atoms with Gasteiger partial charge in [-0.3, -0.25) is 14.4 Å². The van der Waals surface area contributed by atoms with E-state index in [4.69, 9.17) is 11.6 Å². The van der Waals surface area contributed by atoms with Crippen LogP contribution in [0.3, 0.4) is 0 Å². The first-order chi connectivity index (χ1) is 18.3. The normalized spacial score (nSPS) is 22.1. The molecular formula is C27H31ClN6O3S. The van der Waals surface area contributed by atoms with Gasteiger partial charge in [0.25, 0.3) is 11.8 Å². The molecular weight excluding hydrogens is 524 g/mol. The number of aromatic amines is 1. The highest BCUT2D eigenvalue weighted by Crippen LogP contribution is 2.30. The lowest BCUT2D eigenvalue weighted by Crippen LogP contribution is -2.62. The van der Waals surface area contributed by atoms with Crippen molar-refractivity contribution < 1.29 is 14.4 Å². The van der Waals surface area contributed by atoms with Gasteiger partial charge < -0.3 is 25.4 Å². The zero-order chi connectivity index (χ0) is 26.4. The molecule has 3 amide bonds. The Kier molecular flexibility index (Phi) is 6.88. The number of benzene rings is 1. The van der Waals surface area contributed by atoms with Crippen LogP contribution in [0.5, 0.6) is 0 Å². The molecule has 200 valence electrons. The molecule has 3 aromatic rings. The Morgan fingerprint density at radius 2 is 1.89 bits per heavy atom. The summed E-state index contributed by atoms with van der Waals surface area (Å²) in [6.45, 7) is 2.63. The maximum absolute atomic E-state index is 13.3. The SMILES string of the molecule is CN1CCc2nc(C(=O)NC3CN(C(=O)C4CCC4)CCC3NC(=O)c3cc4cc(Cl)ccc4[nH]3)sc2C1. The number of carbonyl (C=O) groups excluding carboxylic acids is 3. The topological polar surface area (TPSA) is 110 Å². The van der Waals surface area contributed by atoms with E-state index in [2.05, 4.69) is 32.5 Å². The van der Waals surface area contributed by atoms with Crippen molar-refractivity contribution in [3.05, 3.63) is 50.6 Å². The van der Waals surface area contributed by atoms with Gasteiger partial charge in [0.2, 0.25) is 5.91 Å². The summed E-state index contributed by atoms with van der Waals surface area (Å²) in [5.41, 5.74) is 2.24. The maximum atomic E-state index is 13.3. The van der Waals surface area contributed by atoms with Crippen molar-refractivity contribution >= 4 is 51.6 Å². The van der Waals surface area contributed by atoms with Crippen LogP contribution < -0.4 is 10.6 Å². The number of piperidine rings is 1. The number of aromatic nitrogens is 2. The zero-order valence-electron chi connectivity index (χ0n) is 21.3. The minimum atomic E-state index is -0.424. The van der Waals surface area contributed by atoms with E-state index >= 15 is 0 Å². The van der Waals surface area contributed by atoms with Crippen LogP contribution in [0.2, 0.25) is 5.02 Å².